The standard InChI is InChI=1S/C14H22FNO2S/c1-4-19(17,18)10-12(3)16-11(2)9-13-5-7-14(15)8-6-13/h5-8,11-12,16H,4,9-10H2,1-3H3. The smallest absolute Gasteiger partial charge is 0.151 e. The van der Waals surface area contributed by atoms with E-state index in [9.17, 15) is 12.8 Å². The van der Waals surface area contributed by atoms with Crippen LogP contribution in [0.25, 0.3) is 0 Å². The largest absolute Gasteiger partial charge is 0.310 e. The Morgan fingerprint density at radius 3 is 2.26 bits per heavy atom. The van der Waals surface area contributed by atoms with Gasteiger partial charge in [-0.2, -0.15) is 0 Å². The normalized spacial score (nSPS) is 15.2. The molecule has 0 spiro atoms. The molecule has 1 aromatic carbocycles. The fourth-order valence-electron chi connectivity index (χ4n) is 2.07. The first-order valence-electron chi connectivity index (χ1n) is 6.53. The Kier molecular flexibility index (Phi) is 5.94. The first kappa shape index (κ1) is 16.1. The lowest BCUT2D eigenvalue weighted by atomic mass is 10.1. The van der Waals surface area contributed by atoms with Gasteiger partial charge in [-0.25, -0.2) is 12.8 Å². The van der Waals surface area contributed by atoms with Crippen LogP contribution < -0.4 is 5.32 Å². The summed E-state index contributed by atoms with van der Waals surface area (Å²) < 4.78 is 35.8. The number of rotatable bonds is 7. The number of hydrogen-bond acceptors (Lipinski definition) is 3. The molecule has 0 bridgehead atoms. The summed E-state index contributed by atoms with van der Waals surface area (Å²) in [6.07, 6.45) is 0.747. The molecule has 1 rings (SSSR count). The Morgan fingerprint density at radius 2 is 1.74 bits per heavy atom. The Morgan fingerprint density at radius 1 is 1.16 bits per heavy atom. The molecule has 19 heavy (non-hydrogen) atoms. The molecule has 3 nitrogen and oxygen atoms in total. The van der Waals surface area contributed by atoms with Crippen molar-refractivity contribution in [3.63, 3.8) is 0 Å². The van der Waals surface area contributed by atoms with Crippen LogP contribution in [0.5, 0.6) is 0 Å². The molecule has 0 fully saturated rings. The van der Waals surface area contributed by atoms with E-state index in [0.29, 0.717) is 0 Å². The van der Waals surface area contributed by atoms with E-state index >= 15 is 0 Å². The minimum atomic E-state index is -2.95. The van der Waals surface area contributed by atoms with Crippen LogP contribution in [-0.4, -0.2) is 32.0 Å². The second kappa shape index (κ2) is 7.01. The van der Waals surface area contributed by atoms with Gasteiger partial charge in [0.15, 0.2) is 9.84 Å². The molecule has 108 valence electrons. The van der Waals surface area contributed by atoms with Gasteiger partial charge in [0.2, 0.25) is 0 Å². The molecular weight excluding hydrogens is 265 g/mol. The third-order valence-corrected chi connectivity index (χ3v) is 4.86. The Bertz CT molecular complexity index is 485. The highest BCUT2D eigenvalue weighted by Gasteiger charge is 2.15. The van der Waals surface area contributed by atoms with Crippen LogP contribution in [0.4, 0.5) is 4.39 Å². The molecule has 1 aromatic rings. The van der Waals surface area contributed by atoms with Crippen molar-refractivity contribution in [2.24, 2.45) is 0 Å². The van der Waals surface area contributed by atoms with Crippen LogP contribution in [0.1, 0.15) is 26.3 Å². The van der Waals surface area contributed by atoms with Crippen LogP contribution >= 0.6 is 0 Å². The molecule has 0 aromatic heterocycles. The van der Waals surface area contributed by atoms with Crippen LogP contribution in [0.15, 0.2) is 24.3 Å². The van der Waals surface area contributed by atoms with Crippen molar-refractivity contribution in [2.75, 3.05) is 11.5 Å². The monoisotopic (exact) mass is 287 g/mol. The quantitative estimate of drug-likeness (QED) is 0.836. The van der Waals surface area contributed by atoms with Gasteiger partial charge in [0.05, 0.1) is 5.75 Å². The average molecular weight is 287 g/mol. The van der Waals surface area contributed by atoms with Crippen molar-refractivity contribution in [1.82, 2.24) is 5.32 Å². The van der Waals surface area contributed by atoms with E-state index in [0.717, 1.165) is 12.0 Å². The van der Waals surface area contributed by atoms with Crippen molar-refractivity contribution in [3.8, 4) is 0 Å². The van der Waals surface area contributed by atoms with Crippen molar-refractivity contribution in [3.05, 3.63) is 35.6 Å². The highest BCUT2D eigenvalue weighted by Crippen LogP contribution is 2.06. The van der Waals surface area contributed by atoms with Gasteiger partial charge in [0.25, 0.3) is 0 Å². The van der Waals surface area contributed by atoms with Gasteiger partial charge in [-0.1, -0.05) is 19.1 Å². The summed E-state index contributed by atoms with van der Waals surface area (Å²) in [6.45, 7) is 5.52. The zero-order valence-electron chi connectivity index (χ0n) is 11.7. The average Bonchev–Trinajstić information content (AvgIpc) is 2.31. The highest BCUT2D eigenvalue weighted by atomic mass is 32.2. The molecule has 2 unspecified atom stereocenters. The van der Waals surface area contributed by atoms with Gasteiger partial charge in [0.1, 0.15) is 5.82 Å². The summed E-state index contributed by atoms with van der Waals surface area (Å²) in [5.41, 5.74) is 1.03. The number of hydrogen-bond donors (Lipinski definition) is 1. The summed E-state index contributed by atoms with van der Waals surface area (Å²) in [6, 6.07) is 6.44. The van der Waals surface area contributed by atoms with Crippen LogP contribution in [0, 0.1) is 5.82 Å². The topological polar surface area (TPSA) is 46.2 Å². The zero-order valence-corrected chi connectivity index (χ0v) is 12.5. The van der Waals surface area contributed by atoms with Crippen molar-refractivity contribution < 1.29 is 12.8 Å². The van der Waals surface area contributed by atoms with E-state index in [2.05, 4.69) is 5.32 Å². The Hall–Kier alpha value is -0.940. The maximum Gasteiger partial charge on any atom is 0.151 e. The summed E-state index contributed by atoms with van der Waals surface area (Å²) in [4.78, 5) is 0. The van der Waals surface area contributed by atoms with Crippen LogP contribution in [-0.2, 0) is 16.3 Å². The van der Waals surface area contributed by atoms with Gasteiger partial charge < -0.3 is 5.32 Å². The zero-order chi connectivity index (χ0) is 14.5. The first-order valence-corrected chi connectivity index (χ1v) is 8.35. The molecule has 0 amide bonds. The van der Waals surface area contributed by atoms with Gasteiger partial charge in [-0.15, -0.1) is 0 Å². The van der Waals surface area contributed by atoms with E-state index < -0.39 is 9.84 Å². The molecular formula is C14H22FNO2S. The van der Waals surface area contributed by atoms with Gasteiger partial charge >= 0.3 is 0 Å². The molecule has 0 aliphatic carbocycles. The van der Waals surface area contributed by atoms with Crippen LogP contribution in [0.3, 0.4) is 0 Å². The minimum absolute atomic E-state index is 0.0830. The van der Waals surface area contributed by atoms with Gasteiger partial charge in [-0.05, 0) is 38.0 Å². The number of halogens is 1. The Labute approximate surface area is 115 Å². The molecule has 0 saturated carbocycles. The maximum atomic E-state index is 12.8. The van der Waals surface area contributed by atoms with E-state index in [4.69, 9.17) is 0 Å². The predicted octanol–water partition coefficient (Wildman–Crippen LogP) is 2.17. The SMILES string of the molecule is CCS(=O)(=O)CC(C)NC(C)Cc1ccc(F)cc1. The predicted molar refractivity (Wildman–Crippen MR) is 76.5 cm³/mol. The summed E-state index contributed by atoms with van der Waals surface area (Å²) in [5, 5.41) is 3.26. The Balaban J connectivity index is 2.46. The highest BCUT2D eigenvalue weighted by molar-refractivity contribution is 7.91. The number of sulfone groups is 1. The lowest BCUT2D eigenvalue weighted by Gasteiger charge is -2.20. The fourth-order valence-corrected chi connectivity index (χ4v) is 3.16. The molecule has 0 heterocycles. The lowest BCUT2D eigenvalue weighted by molar-refractivity contribution is 0.483. The third-order valence-electron chi connectivity index (χ3n) is 2.97. The molecule has 0 radical (unpaired) electrons. The van der Waals surface area contributed by atoms with Crippen molar-refractivity contribution in [1.29, 1.82) is 0 Å². The third kappa shape index (κ3) is 6.16. The maximum absolute atomic E-state index is 12.8. The lowest BCUT2D eigenvalue weighted by Crippen LogP contribution is -2.40. The van der Waals surface area contributed by atoms with E-state index in [1.807, 2.05) is 13.8 Å². The summed E-state index contributed by atoms with van der Waals surface area (Å²) in [7, 11) is -2.95. The molecule has 0 aliphatic rings. The van der Waals surface area contributed by atoms with Gasteiger partial charge in [0, 0.05) is 17.8 Å². The molecule has 5 heteroatoms. The van der Waals surface area contributed by atoms with E-state index in [1.165, 1.54) is 12.1 Å². The molecule has 0 saturated heterocycles. The van der Waals surface area contributed by atoms with Crippen LogP contribution in [0.2, 0.25) is 0 Å². The molecule has 1 N–H and O–H groups in total. The van der Waals surface area contributed by atoms with Crippen molar-refractivity contribution in [2.45, 2.75) is 39.3 Å². The fraction of sp³-hybridized carbons (Fsp3) is 0.571. The molecule has 0 aliphatic heterocycles. The minimum Gasteiger partial charge on any atom is -0.310 e. The second-order valence-electron chi connectivity index (χ2n) is 5.00. The van der Waals surface area contributed by atoms with E-state index in [-0.39, 0.29) is 29.4 Å². The summed E-state index contributed by atoms with van der Waals surface area (Å²) >= 11 is 0. The number of benzene rings is 1. The van der Waals surface area contributed by atoms with Gasteiger partial charge in [-0.3, -0.25) is 0 Å². The van der Waals surface area contributed by atoms with Crippen molar-refractivity contribution >= 4 is 9.84 Å². The number of nitrogens with one attached hydrogen (secondary N) is 1. The first-order chi connectivity index (χ1) is 8.82. The summed E-state index contributed by atoms with van der Waals surface area (Å²) in [5.74, 6) is 0.0783. The molecule has 2 atom stereocenters. The van der Waals surface area contributed by atoms with E-state index in [1.54, 1.807) is 19.1 Å². The second-order valence-corrected chi connectivity index (χ2v) is 7.40.